The third-order valence-corrected chi connectivity index (χ3v) is 13.5. The largest absolute Gasteiger partial charge is 0.497 e. The highest BCUT2D eigenvalue weighted by molar-refractivity contribution is 5.89. The molecule has 12 nitrogen and oxygen atoms in total. The second-order valence-electron chi connectivity index (χ2n) is 14.4. The standard InChI is InChI=1S/C34H49NO11/c1-8-35-15-31(16-40-2)20(36)13-21(42-4)33-19-14-32(39)28(46-30(38)17-9-11-18(41-3)12-10-17)22(19)34(45-7,27(37)29(32)44-6)23(26(33)35)24(43-5)25(31)33/h9-12,19-29,36-37,39H,8,13-16H2,1-7H3/t19-,20-,21?,22-,23?,24?,25-,26?,27+,28-,29+,31+,32-,33?,34-/m1/s1. The summed E-state index contributed by atoms with van der Waals surface area (Å²) in [6, 6.07) is 6.43. The van der Waals surface area contributed by atoms with E-state index in [1.165, 1.54) is 7.11 Å². The van der Waals surface area contributed by atoms with E-state index in [9.17, 15) is 20.1 Å². The monoisotopic (exact) mass is 647 g/mol. The second kappa shape index (κ2) is 11.1. The highest BCUT2D eigenvalue weighted by atomic mass is 16.6. The van der Waals surface area contributed by atoms with Gasteiger partial charge in [0, 0.05) is 83.1 Å². The first-order valence-electron chi connectivity index (χ1n) is 16.4. The lowest BCUT2D eigenvalue weighted by molar-refractivity contribution is -0.325. The molecule has 5 saturated carbocycles. The van der Waals surface area contributed by atoms with Crippen LogP contribution in [0.3, 0.4) is 0 Å². The predicted octanol–water partition coefficient (Wildman–Crippen LogP) is 0.740. The number of rotatable bonds is 10. The van der Waals surface area contributed by atoms with Crippen molar-refractivity contribution in [2.75, 3.05) is 62.4 Å². The first-order valence-corrected chi connectivity index (χ1v) is 16.4. The molecule has 15 atom stereocenters. The number of aliphatic hydroxyl groups excluding tert-OH is 2. The van der Waals surface area contributed by atoms with Gasteiger partial charge in [0.15, 0.2) is 0 Å². The fraction of sp³-hybridized carbons (Fsp3) is 0.794. The molecule has 5 unspecified atom stereocenters. The minimum atomic E-state index is -1.74. The van der Waals surface area contributed by atoms with Crippen molar-refractivity contribution in [3.05, 3.63) is 29.8 Å². The highest BCUT2D eigenvalue weighted by Crippen LogP contribution is 2.80. The van der Waals surface area contributed by atoms with Gasteiger partial charge in [-0.2, -0.15) is 0 Å². The average Bonchev–Trinajstić information content (AvgIpc) is 3.43. The number of methoxy groups -OCH3 is 6. The SMILES string of the molecule is CCN1C[C@]2(COC)[C@H](O)CC(OC)C34C1C(C(OC)[C@@H]32)[C@]1(OC)[C@@H]2[C@H]4C[C@@](O)([C@@H]2OC(=O)c2ccc(OC)cc2)[C@@H](OC)[C@@H]1O. The van der Waals surface area contributed by atoms with Crippen molar-refractivity contribution in [1.82, 2.24) is 4.90 Å². The molecule has 1 spiro atoms. The number of hydrogen-bond acceptors (Lipinski definition) is 12. The molecule has 6 aliphatic rings. The normalized spacial score (nSPS) is 50.0. The van der Waals surface area contributed by atoms with Crippen molar-refractivity contribution in [3.8, 4) is 5.75 Å². The van der Waals surface area contributed by atoms with E-state index in [1.807, 2.05) is 0 Å². The molecule has 7 bridgehead atoms. The third-order valence-electron chi connectivity index (χ3n) is 13.5. The van der Waals surface area contributed by atoms with Crippen LogP contribution in [-0.2, 0) is 28.4 Å². The van der Waals surface area contributed by atoms with E-state index in [0.717, 1.165) is 0 Å². The van der Waals surface area contributed by atoms with Crippen molar-refractivity contribution in [2.24, 2.45) is 34.5 Å². The van der Waals surface area contributed by atoms with Crippen LogP contribution >= 0.6 is 0 Å². The number of ether oxygens (including phenoxy) is 7. The molecule has 256 valence electrons. The summed E-state index contributed by atoms with van der Waals surface area (Å²) in [6.07, 6.45) is -4.57. The van der Waals surface area contributed by atoms with Crippen LogP contribution in [0.15, 0.2) is 24.3 Å². The van der Waals surface area contributed by atoms with Gasteiger partial charge < -0.3 is 48.5 Å². The molecule has 0 radical (unpaired) electrons. The number of carbonyl (C=O) groups is 1. The van der Waals surface area contributed by atoms with Crippen molar-refractivity contribution in [2.45, 2.75) is 73.6 Å². The maximum Gasteiger partial charge on any atom is 0.338 e. The van der Waals surface area contributed by atoms with Gasteiger partial charge in [0.05, 0.1) is 37.6 Å². The van der Waals surface area contributed by atoms with E-state index in [-0.39, 0.29) is 24.3 Å². The Kier molecular flexibility index (Phi) is 7.87. The molecule has 12 heteroatoms. The van der Waals surface area contributed by atoms with Crippen molar-refractivity contribution in [3.63, 3.8) is 0 Å². The number of esters is 1. The molecular formula is C34H49NO11. The molecule has 1 aliphatic heterocycles. The van der Waals surface area contributed by atoms with E-state index < -0.39 is 76.5 Å². The van der Waals surface area contributed by atoms with Gasteiger partial charge in [-0.1, -0.05) is 6.92 Å². The van der Waals surface area contributed by atoms with Crippen LogP contribution in [-0.4, -0.2) is 142 Å². The zero-order chi connectivity index (χ0) is 33.0. The summed E-state index contributed by atoms with van der Waals surface area (Å²) in [5.74, 6) is -1.73. The predicted molar refractivity (Wildman–Crippen MR) is 162 cm³/mol. The summed E-state index contributed by atoms with van der Waals surface area (Å²) in [5, 5.41) is 37.2. The molecule has 1 heterocycles. The molecule has 1 saturated heterocycles. The van der Waals surface area contributed by atoms with Gasteiger partial charge in [-0.15, -0.1) is 0 Å². The molecule has 5 aliphatic carbocycles. The zero-order valence-electron chi connectivity index (χ0n) is 27.8. The Balaban J connectivity index is 1.47. The number of fused-ring (bicyclic) bond motifs is 2. The Bertz CT molecular complexity index is 1330. The topological polar surface area (TPSA) is 146 Å². The lowest BCUT2D eigenvalue weighted by atomic mass is 9.42. The molecule has 0 amide bonds. The minimum absolute atomic E-state index is 0.172. The summed E-state index contributed by atoms with van der Waals surface area (Å²) in [5.41, 5.74) is -4.16. The maximum absolute atomic E-state index is 13.8. The van der Waals surface area contributed by atoms with Crippen LogP contribution in [0.5, 0.6) is 5.75 Å². The first-order chi connectivity index (χ1) is 22.1. The number of piperidine rings is 1. The number of nitrogens with zero attached hydrogens (tertiary/aromatic N) is 1. The number of likely N-dealkylation sites (tertiary alicyclic amines) is 1. The van der Waals surface area contributed by atoms with Gasteiger partial charge in [0.2, 0.25) is 0 Å². The molecule has 1 aromatic rings. The average molecular weight is 648 g/mol. The molecule has 3 N–H and O–H groups in total. The molecule has 6 fully saturated rings. The van der Waals surface area contributed by atoms with E-state index in [0.29, 0.717) is 37.4 Å². The van der Waals surface area contributed by atoms with Crippen LogP contribution in [0.2, 0.25) is 0 Å². The van der Waals surface area contributed by atoms with Crippen LogP contribution in [0.25, 0.3) is 0 Å². The van der Waals surface area contributed by atoms with Gasteiger partial charge in [-0.25, -0.2) is 4.79 Å². The van der Waals surface area contributed by atoms with Crippen LogP contribution < -0.4 is 4.74 Å². The Morgan fingerprint density at radius 1 is 0.978 bits per heavy atom. The van der Waals surface area contributed by atoms with Gasteiger partial charge in [0.1, 0.15) is 35.3 Å². The quantitative estimate of drug-likeness (QED) is 0.308. The maximum atomic E-state index is 13.8. The molecule has 46 heavy (non-hydrogen) atoms. The number of carbonyl (C=O) groups excluding carboxylic acids is 1. The molecule has 7 rings (SSSR count). The van der Waals surface area contributed by atoms with Crippen LogP contribution in [0.4, 0.5) is 0 Å². The molecule has 0 aromatic heterocycles. The summed E-state index contributed by atoms with van der Waals surface area (Å²) in [6.45, 7) is 3.64. The highest BCUT2D eigenvalue weighted by Gasteiger charge is 2.91. The van der Waals surface area contributed by atoms with E-state index >= 15 is 0 Å². The van der Waals surface area contributed by atoms with Crippen LogP contribution in [0.1, 0.15) is 30.1 Å². The first kappa shape index (κ1) is 32.7. The number of hydrogen-bond donors (Lipinski definition) is 3. The lowest BCUT2D eigenvalue weighted by Gasteiger charge is -2.70. The second-order valence-corrected chi connectivity index (χ2v) is 14.4. The fourth-order valence-corrected chi connectivity index (χ4v) is 12.4. The van der Waals surface area contributed by atoms with E-state index in [2.05, 4.69) is 11.8 Å². The number of benzene rings is 1. The van der Waals surface area contributed by atoms with Crippen molar-refractivity contribution >= 4 is 5.97 Å². The van der Waals surface area contributed by atoms with Gasteiger partial charge in [-0.3, -0.25) is 4.90 Å². The molecular weight excluding hydrogens is 598 g/mol. The Labute approximate surface area is 270 Å². The fourth-order valence-electron chi connectivity index (χ4n) is 12.4. The Morgan fingerprint density at radius 3 is 2.26 bits per heavy atom. The smallest absolute Gasteiger partial charge is 0.338 e. The van der Waals surface area contributed by atoms with E-state index in [1.54, 1.807) is 59.8 Å². The zero-order valence-corrected chi connectivity index (χ0v) is 27.8. The molecule has 1 aromatic carbocycles. The van der Waals surface area contributed by atoms with Crippen LogP contribution in [0, 0.1) is 34.5 Å². The number of aliphatic hydroxyl groups is 3. The summed E-state index contributed by atoms with van der Waals surface area (Å²) < 4.78 is 43.0. The Hall–Kier alpha value is -1.87. The third kappa shape index (κ3) is 3.58. The summed E-state index contributed by atoms with van der Waals surface area (Å²) in [4.78, 5) is 16.2. The van der Waals surface area contributed by atoms with Gasteiger partial charge in [-0.05, 0) is 43.1 Å². The van der Waals surface area contributed by atoms with E-state index in [4.69, 9.17) is 33.2 Å². The van der Waals surface area contributed by atoms with Crippen molar-refractivity contribution in [1.29, 1.82) is 0 Å². The minimum Gasteiger partial charge on any atom is -0.497 e. The van der Waals surface area contributed by atoms with Gasteiger partial charge >= 0.3 is 5.97 Å². The Morgan fingerprint density at radius 2 is 1.70 bits per heavy atom. The summed E-state index contributed by atoms with van der Waals surface area (Å²) in [7, 11) is 9.61. The van der Waals surface area contributed by atoms with Crippen molar-refractivity contribution < 1.29 is 53.3 Å². The lowest BCUT2D eigenvalue weighted by Crippen LogP contribution is -2.81. The summed E-state index contributed by atoms with van der Waals surface area (Å²) >= 11 is 0. The van der Waals surface area contributed by atoms with Gasteiger partial charge in [0.25, 0.3) is 0 Å².